The summed E-state index contributed by atoms with van der Waals surface area (Å²) >= 11 is 5.78. The second kappa shape index (κ2) is 11.8. The van der Waals surface area contributed by atoms with E-state index >= 15 is 0 Å². The molecule has 10 nitrogen and oxygen atoms in total. The molecule has 4 rings (SSSR count). The number of carbonyl (C=O) groups excluding carboxylic acids is 2. The summed E-state index contributed by atoms with van der Waals surface area (Å²) in [6, 6.07) is 11.7. The van der Waals surface area contributed by atoms with E-state index in [1.54, 1.807) is 24.3 Å². The largest absolute Gasteiger partial charge is 0.480 e. The molecule has 212 valence electrons. The van der Waals surface area contributed by atoms with E-state index in [1.165, 1.54) is 6.07 Å². The molecule has 4 aromatic rings. The number of H-pyrrole nitrogens is 1. The van der Waals surface area contributed by atoms with Gasteiger partial charge in [0.05, 0.1) is 24.0 Å². The van der Waals surface area contributed by atoms with Gasteiger partial charge in [0.25, 0.3) is 11.5 Å². The highest BCUT2D eigenvalue weighted by molar-refractivity contribution is 6.29. The fourth-order valence-electron chi connectivity index (χ4n) is 3.90. The molecular formula is C27H21ClF3N5O5. The zero-order valence-corrected chi connectivity index (χ0v) is 22.0. The number of aromatic amines is 1. The van der Waals surface area contributed by atoms with Crippen LogP contribution in [0.2, 0.25) is 5.15 Å². The second-order valence-electron chi connectivity index (χ2n) is 9.03. The number of aliphatic carboxylic acids is 1. The summed E-state index contributed by atoms with van der Waals surface area (Å²) in [6.45, 7) is 1.17. The predicted molar refractivity (Wildman–Crippen MR) is 143 cm³/mol. The Labute approximate surface area is 234 Å². The molecule has 0 aliphatic carbocycles. The van der Waals surface area contributed by atoms with Crippen LogP contribution in [0.3, 0.4) is 0 Å². The second-order valence-corrected chi connectivity index (χ2v) is 9.44. The van der Waals surface area contributed by atoms with Crippen molar-refractivity contribution < 1.29 is 32.7 Å². The Hall–Kier alpha value is -4.78. The number of amides is 2. The lowest BCUT2D eigenvalue weighted by Crippen LogP contribution is -2.42. The van der Waals surface area contributed by atoms with Crippen molar-refractivity contribution in [2.75, 3.05) is 4.90 Å². The third-order valence-electron chi connectivity index (χ3n) is 5.97. The summed E-state index contributed by atoms with van der Waals surface area (Å²) in [4.78, 5) is 59.7. The number of nitrogens with one attached hydrogen (secondary N) is 2. The van der Waals surface area contributed by atoms with Crippen molar-refractivity contribution >= 4 is 46.1 Å². The van der Waals surface area contributed by atoms with E-state index in [1.807, 2.05) is 6.92 Å². The first-order valence-electron chi connectivity index (χ1n) is 11.9. The standard InChI is InChI=1S/C27H21ClF3N5O5/c1-14-2-4-15(5-3-14)10-20(25(39)40)34-23(37)16-6-8-18(9-7-16)36(26(41)27(29,30)31)13-17-12-32-19-11-21(28)35-24(38)22(19)33-17/h2-9,11-12,20H,10,13H2,1H3,(H,34,37)(H,35,38)(H,39,40)/t20-/m1/s1. The smallest absolute Gasteiger partial charge is 0.471 e. The van der Waals surface area contributed by atoms with Crippen LogP contribution in [0, 0.1) is 6.92 Å². The van der Waals surface area contributed by atoms with Gasteiger partial charge >= 0.3 is 18.1 Å². The number of fused-ring (bicyclic) bond motifs is 1. The van der Waals surface area contributed by atoms with Gasteiger partial charge in [-0.2, -0.15) is 13.2 Å². The van der Waals surface area contributed by atoms with Crippen LogP contribution < -0.4 is 15.8 Å². The SMILES string of the molecule is Cc1ccc(C[C@@H](NC(=O)c2ccc(N(Cc3cnc4cc(Cl)[nH]c(=O)c4n3)C(=O)C(F)(F)F)cc2)C(=O)O)cc1. The van der Waals surface area contributed by atoms with Crippen LogP contribution in [-0.4, -0.2) is 50.1 Å². The number of carboxylic acid groups (broad SMARTS) is 1. The van der Waals surface area contributed by atoms with Gasteiger partial charge in [0.15, 0.2) is 5.52 Å². The number of anilines is 1. The Bertz CT molecular complexity index is 1670. The number of rotatable bonds is 8. The van der Waals surface area contributed by atoms with Gasteiger partial charge in [-0.3, -0.25) is 24.3 Å². The number of hydrogen-bond donors (Lipinski definition) is 3. The minimum absolute atomic E-state index is 0.00706. The highest BCUT2D eigenvalue weighted by Gasteiger charge is 2.43. The normalized spacial score (nSPS) is 12.1. The molecule has 41 heavy (non-hydrogen) atoms. The van der Waals surface area contributed by atoms with E-state index in [2.05, 4.69) is 20.3 Å². The maximum absolute atomic E-state index is 13.5. The third kappa shape index (κ3) is 7.06. The van der Waals surface area contributed by atoms with Crippen molar-refractivity contribution in [1.29, 1.82) is 0 Å². The van der Waals surface area contributed by atoms with Gasteiger partial charge in [0.2, 0.25) is 0 Å². The van der Waals surface area contributed by atoms with Crippen molar-refractivity contribution in [2.45, 2.75) is 32.1 Å². The number of carboxylic acids is 1. The van der Waals surface area contributed by atoms with E-state index < -0.39 is 42.1 Å². The molecule has 0 aliphatic heterocycles. The Morgan fingerprint density at radius 3 is 2.37 bits per heavy atom. The monoisotopic (exact) mass is 587 g/mol. The summed E-state index contributed by atoms with van der Waals surface area (Å²) in [6.07, 6.45) is -4.14. The van der Waals surface area contributed by atoms with Crippen LogP contribution in [0.25, 0.3) is 11.0 Å². The molecule has 2 aromatic heterocycles. The van der Waals surface area contributed by atoms with Crippen LogP contribution in [0.4, 0.5) is 18.9 Å². The Balaban J connectivity index is 1.57. The zero-order valence-electron chi connectivity index (χ0n) is 21.2. The summed E-state index contributed by atoms with van der Waals surface area (Å²) in [7, 11) is 0. The lowest BCUT2D eigenvalue weighted by atomic mass is 10.0. The lowest BCUT2D eigenvalue weighted by Gasteiger charge is -2.24. The van der Waals surface area contributed by atoms with E-state index in [-0.39, 0.29) is 39.6 Å². The van der Waals surface area contributed by atoms with Crippen LogP contribution >= 0.6 is 11.6 Å². The number of benzene rings is 2. The maximum atomic E-state index is 13.5. The van der Waals surface area contributed by atoms with E-state index in [9.17, 15) is 37.5 Å². The molecule has 0 saturated carbocycles. The molecule has 3 N–H and O–H groups in total. The third-order valence-corrected chi connectivity index (χ3v) is 6.18. The fourth-order valence-corrected chi connectivity index (χ4v) is 4.09. The first kappa shape index (κ1) is 29.2. The quantitative estimate of drug-likeness (QED) is 0.266. The topological polar surface area (TPSA) is 145 Å². The number of aryl methyl sites for hydroxylation is 1. The average molecular weight is 588 g/mol. The molecule has 0 spiro atoms. The van der Waals surface area contributed by atoms with Gasteiger partial charge in [-0.15, -0.1) is 0 Å². The van der Waals surface area contributed by atoms with Crippen molar-refractivity contribution in [2.24, 2.45) is 0 Å². The summed E-state index contributed by atoms with van der Waals surface area (Å²) in [5.41, 5.74) is 0.474. The highest BCUT2D eigenvalue weighted by atomic mass is 35.5. The highest BCUT2D eigenvalue weighted by Crippen LogP contribution is 2.26. The number of pyridine rings is 1. The average Bonchev–Trinajstić information content (AvgIpc) is 2.92. The molecule has 0 fully saturated rings. The molecule has 1 atom stereocenters. The van der Waals surface area contributed by atoms with Gasteiger partial charge in [0.1, 0.15) is 11.2 Å². The van der Waals surface area contributed by atoms with Gasteiger partial charge < -0.3 is 15.4 Å². The lowest BCUT2D eigenvalue weighted by molar-refractivity contribution is -0.170. The first-order chi connectivity index (χ1) is 19.3. The molecule has 0 saturated heterocycles. The van der Waals surface area contributed by atoms with Gasteiger partial charge in [-0.25, -0.2) is 9.78 Å². The van der Waals surface area contributed by atoms with E-state index in [0.29, 0.717) is 10.5 Å². The van der Waals surface area contributed by atoms with Crippen molar-refractivity contribution in [3.63, 3.8) is 0 Å². The maximum Gasteiger partial charge on any atom is 0.471 e. The van der Waals surface area contributed by atoms with Crippen LogP contribution in [-0.2, 0) is 22.6 Å². The molecule has 0 radical (unpaired) electrons. The molecular weight excluding hydrogens is 567 g/mol. The summed E-state index contributed by atoms with van der Waals surface area (Å²) in [5, 5.41) is 12.0. The van der Waals surface area contributed by atoms with Crippen molar-refractivity contribution in [1.82, 2.24) is 20.3 Å². The number of hydrogen-bond acceptors (Lipinski definition) is 6. The van der Waals surface area contributed by atoms with Crippen molar-refractivity contribution in [3.05, 3.63) is 98.7 Å². The Kier molecular flexibility index (Phi) is 8.38. The fraction of sp³-hybridized carbons (Fsp3) is 0.185. The Morgan fingerprint density at radius 2 is 1.76 bits per heavy atom. The van der Waals surface area contributed by atoms with Crippen molar-refractivity contribution in [3.8, 4) is 0 Å². The molecule has 0 aliphatic rings. The molecule has 2 heterocycles. The number of carbonyl (C=O) groups is 3. The molecule has 2 aromatic carbocycles. The molecule has 0 unspecified atom stereocenters. The summed E-state index contributed by atoms with van der Waals surface area (Å²) in [5.74, 6) is -4.26. The number of alkyl halides is 3. The van der Waals surface area contributed by atoms with E-state index in [0.717, 1.165) is 36.0 Å². The Morgan fingerprint density at radius 1 is 1.10 bits per heavy atom. The molecule has 14 heteroatoms. The van der Waals surface area contributed by atoms with Gasteiger partial charge in [-0.1, -0.05) is 41.4 Å². The van der Waals surface area contributed by atoms with Gasteiger partial charge in [-0.05, 0) is 36.8 Å². The van der Waals surface area contributed by atoms with Gasteiger partial charge in [0, 0.05) is 23.7 Å². The molecule has 0 bridgehead atoms. The van der Waals surface area contributed by atoms with Crippen LogP contribution in [0.5, 0.6) is 0 Å². The molecule has 2 amide bonds. The minimum Gasteiger partial charge on any atom is -0.480 e. The van der Waals surface area contributed by atoms with E-state index in [4.69, 9.17) is 11.6 Å². The summed E-state index contributed by atoms with van der Waals surface area (Å²) < 4.78 is 40.4. The van der Waals surface area contributed by atoms with Crippen LogP contribution in [0.15, 0.2) is 65.6 Å². The number of nitrogens with zero attached hydrogens (tertiary/aromatic N) is 3. The first-order valence-corrected chi connectivity index (χ1v) is 12.3. The number of aromatic nitrogens is 3. The van der Waals surface area contributed by atoms with Crippen LogP contribution in [0.1, 0.15) is 27.2 Å². The minimum atomic E-state index is -5.25. The predicted octanol–water partition coefficient (Wildman–Crippen LogP) is 3.80. The zero-order chi connectivity index (χ0) is 29.9. The number of halogens is 4.